The number of halogens is 2. The van der Waals surface area contributed by atoms with Crippen LogP contribution in [0.1, 0.15) is 24.2 Å². The second kappa shape index (κ2) is 7.16. The van der Waals surface area contributed by atoms with Crippen molar-refractivity contribution in [2.75, 3.05) is 32.9 Å². The molecule has 0 saturated heterocycles. The van der Waals surface area contributed by atoms with Crippen molar-refractivity contribution in [3.05, 3.63) is 27.7 Å². The van der Waals surface area contributed by atoms with Crippen molar-refractivity contribution in [3.63, 3.8) is 0 Å². The molecule has 6 heteroatoms. The number of hydrogen-bond acceptors (Lipinski definition) is 3. The van der Waals surface area contributed by atoms with Gasteiger partial charge < -0.3 is 15.5 Å². The Morgan fingerprint density at radius 3 is 2.40 bits per heavy atom. The van der Waals surface area contributed by atoms with Gasteiger partial charge in [-0.2, -0.15) is 0 Å². The lowest BCUT2D eigenvalue weighted by Gasteiger charge is -2.30. The Labute approximate surface area is 130 Å². The minimum atomic E-state index is -0.0906. The number of benzene rings is 1. The summed E-state index contributed by atoms with van der Waals surface area (Å²) in [6.07, 6.45) is 0. The van der Waals surface area contributed by atoms with Crippen LogP contribution in [0.3, 0.4) is 0 Å². The average Bonchev–Trinajstić information content (AvgIpc) is 2.35. The van der Waals surface area contributed by atoms with Gasteiger partial charge in [0, 0.05) is 24.7 Å². The number of carbonyl (C=O) groups is 1. The third-order valence-electron chi connectivity index (χ3n) is 3.07. The first-order valence-electron chi connectivity index (χ1n) is 6.48. The molecular formula is C14H21Cl2N3O. The first kappa shape index (κ1) is 17.1. The molecule has 0 fully saturated rings. The van der Waals surface area contributed by atoms with Crippen LogP contribution in [-0.4, -0.2) is 48.9 Å². The molecule has 0 aliphatic carbocycles. The van der Waals surface area contributed by atoms with E-state index in [0.29, 0.717) is 22.8 Å². The van der Waals surface area contributed by atoms with Crippen molar-refractivity contribution >= 4 is 34.8 Å². The van der Waals surface area contributed by atoms with E-state index in [1.807, 2.05) is 32.8 Å². The van der Waals surface area contributed by atoms with Gasteiger partial charge in [-0.1, -0.05) is 23.2 Å². The zero-order chi connectivity index (χ0) is 15.4. The van der Waals surface area contributed by atoms with Crippen LogP contribution < -0.4 is 5.73 Å². The Hall–Kier alpha value is -0.970. The maximum Gasteiger partial charge on any atom is 0.254 e. The Morgan fingerprint density at radius 1 is 1.35 bits per heavy atom. The van der Waals surface area contributed by atoms with E-state index >= 15 is 0 Å². The van der Waals surface area contributed by atoms with Gasteiger partial charge in [0.05, 0.1) is 15.7 Å². The van der Waals surface area contributed by atoms with E-state index in [9.17, 15) is 4.79 Å². The van der Waals surface area contributed by atoms with Crippen molar-refractivity contribution in [1.29, 1.82) is 0 Å². The minimum Gasteiger partial charge on any atom is -0.397 e. The lowest BCUT2D eigenvalue weighted by atomic mass is 10.1. The number of nitrogens with two attached hydrogens (primary N) is 1. The summed E-state index contributed by atoms with van der Waals surface area (Å²) in [6.45, 7) is 5.37. The van der Waals surface area contributed by atoms with Crippen LogP contribution in [0.5, 0.6) is 0 Å². The summed E-state index contributed by atoms with van der Waals surface area (Å²) < 4.78 is 0. The highest BCUT2D eigenvalue weighted by molar-refractivity contribution is 6.43. The number of amides is 1. The monoisotopic (exact) mass is 317 g/mol. The Kier molecular flexibility index (Phi) is 6.11. The van der Waals surface area contributed by atoms with Crippen molar-refractivity contribution in [2.45, 2.75) is 19.9 Å². The number of nitrogens with zero attached hydrogens (tertiary/aromatic N) is 2. The van der Waals surface area contributed by atoms with E-state index in [1.165, 1.54) is 0 Å². The van der Waals surface area contributed by atoms with E-state index in [4.69, 9.17) is 28.9 Å². The van der Waals surface area contributed by atoms with Gasteiger partial charge in [-0.25, -0.2) is 0 Å². The van der Waals surface area contributed by atoms with Gasteiger partial charge >= 0.3 is 0 Å². The zero-order valence-electron chi connectivity index (χ0n) is 12.3. The Bertz CT molecular complexity index is 468. The Morgan fingerprint density at radius 2 is 1.95 bits per heavy atom. The van der Waals surface area contributed by atoms with E-state index in [1.54, 1.807) is 17.0 Å². The van der Waals surface area contributed by atoms with Crippen molar-refractivity contribution in [2.24, 2.45) is 0 Å². The molecule has 0 saturated carbocycles. The highest BCUT2D eigenvalue weighted by atomic mass is 35.5. The number of carbonyl (C=O) groups excluding carboxylic acids is 1. The summed E-state index contributed by atoms with van der Waals surface area (Å²) in [5, 5.41) is 0.582. The molecule has 20 heavy (non-hydrogen) atoms. The minimum absolute atomic E-state index is 0.0906. The molecule has 1 aromatic rings. The summed E-state index contributed by atoms with van der Waals surface area (Å²) in [5.41, 5.74) is 6.54. The molecule has 0 aliphatic rings. The molecule has 0 radical (unpaired) electrons. The lowest BCUT2D eigenvalue weighted by Crippen LogP contribution is -2.43. The fraction of sp³-hybridized carbons (Fsp3) is 0.500. The summed E-state index contributed by atoms with van der Waals surface area (Å²) in [5.74, 6) is -0.0906. The average molecular weight is 318 g/mol. The van der Waals surface area contributed by atoms with Crippen LogP contribution in [0.15, 0.2) is 12.1 Å². The molecular weight excluding hydrogens is 297 g/mol. The molecule has 1 aromatic carbocycles. The summed E-state index contributed by atoms with van der Waals surface area (Å²) in [4.78, 5) is 16.4. The fourth-order valence-corrected chi connectivity index (χ4v) is 2.52. The maximum absolute atomic E-state index is 12.6. The smallest absolute Gasteiger partial charge is 0.254 e. The molecule has 0 aliphatic heterocycles. The molecule has 0 bridgehead atoms. The van der Waals surface area contributed by atoms with Crippen LogP contribution in [-0.2, 0) is 0 Å². The van der Waals surface area contributed by atoms with E-state index in [2.05, 4.69) is 0 Å². The van der Waals surface area contributed by atoms with Gasteiger partial charge in [0.25, 0.3) is 5.91 Å². The molecule has 1 amide bonds. The fourth-order valence-electron chi connectivity index (χ4n) is 2.18. The van der Waals surface area contributed by atoms with Gasteiger partial charge in [0.2, 0.25) is 0 Å². The maximum atomic E-state index is 12.6. The second-order valence-electron chi connectivity index (χ2n) is 5.06. The number of rotatable bonds is 5. The second-order valence-corrected chi connectivity index (χ2v) is 5.85. The predicted octanol–water partition coefficient (Wildman–Crippen LogP) is 2.99. The largest absolute Gasteiger partial charge is 0.397 e. The van der Waals surface area contributed by atoms with Crippen molar-refractivity contribution in [1.82, 2.24) is 9.80 Å². The summed E-state index contributed by atoms with van der Waals surface area (Å²) in [6, 6.07) is 3.23. The van der Waals surface area contributed by atoms with Gasteiger partial charge in [-0.15, -0.1) is 0 Å². The van der Waals surface area contributed by atoms with Crippen LogP contribution in [0, 0.1) is 0 Å². The molecule has 1 rings (SSSR count). The molecule has 112 valence electrons. The summed E-state index contributed by atoms with van der Waals surface area (Å²) >= 11 is 11.9. The number of hydrogen-bond donors (Lipinski definition) is 1. The predicted molar refractivity (Wildman–Crippen MR) is 85.6 cm³/mol. The third-order valence-corrected chi connectivity index (χ3v) is 3.88. The third kappa shape index (κ3) is 4.01. The van der Waals surface area contributed by atoms with Gasteiger partial charge in [-0.3, -0.25) is 4.79 Å². The first-order chi connectivity index (χ1) is 9.27. The first-order valence-corrected chi connectivity index (χ1v) is 7.23. The van der Waals surface area contributed by atoms with E-state index in [-0.39, 0.29) is 17.0 Å². The standard InChI is InChI=1S/C14H21Cl2N3O/c1-5-19(9(2)8-18(3)4)14(20)10-6-11(15)13(16)12(17)7-10/h6-7,9H,5,8,17H2,1-4H3. The quantitative estimate of drug-likeness (QED) is 0.849. The van der Waals surface area contributed by atoms with Crippen LogP contribution in [0.2, 0.25) is 10.0 Å². The molecule has 2 N–H and O–H groups in total. The number of likely N-dealkylation sites (N-methyl/N-ethyl adjacent to an activating group) is 2. The molecule has 0 aromatic heterocycles. The number of nitrogen functional groups attached to an aromatic ring is 1. The van der Waals surface area contributed by atoms with Crippen molar-refractivity contribution in [3.8, 4) is 0 Å². The van der Waals surface area contributed by atoms with E-state index in [0.717, 1.165) is 6.54 Å². The van der Waals surface area contributed by atoms with Crippen LogP contribution in [0.4, 0.5) is 5.69 Å². The topological polar surface area (TPSA) is 49.6 Å². The number of anilines is 1. The van der Waals surface area contributed by atoms with Gasteiger partial charge in [0.1, 0.15) is 0 Å². The Balaban J connectivity index is 3.02. The normalized spacial score (nSPS) is 12.6. The molecule has 0 spiro atoms. The molecule has 0 heterocycles. The van der Waals surface area contributed by atoms with Crippen molar-refractivity contribution < 1.29 is 4.79 Å². The zero-order valence-corrected chi connectivity index (χ0v) is 13.8. The molecule has 1 unspecified atom stereocenters. The van der Waals surface area contributed by atoms with Gasteiger partial charge in [0.15, 0.2) is 0 Å². The highest BCUT2D eigenvalue weighted by Gasteiger charge is 2.21. The molecule has 4 nitrogen and oxygen atoms in total. The van der Waals surface area contributed by atoms with Crippen LogP contribution >= 0.6 is 23.2 Å². The summed E-state index contributed by atoms with van der Waals surface area (Å²) in [7, 11) is 3.96. The lowest BCUT2D eigenvalue weighted by molar-refractivity contribution is 0.0679. The highest BCUT2D eigenvalue weighted by Crippen LogP contribution is 2.30. The molecule has 1 atom stereocenters. The van der Waals surface area contributed by atoms with Crippen LogP contribution in [0.25, 0.3) is 0 Å². The van der Waals surface area contributed by atoms with Gasteiger partial charge in [-0.05, 0) is 40.1 Å². The van der Waals surface area contributed by atoms with E-state index < -0.39 is 0 Å². The SMILES string of the molecule is CCN(C(=O)c1cc(N)c(Cl)c(Cl)c1)C(C)CN(C)C.